The maximum Gasteiger partial charge on any atom is 0.323 e. The lowest BCUT2D eigenvalue weighted by Crippen LogP contribution is -2.67. The molecule has 1 aliphatic rings. The van der Waals surface area contributed by atoms with Crippen molar-refractivity contribution in [2.75, 3.05) is 6.54 Å². The van der Waals surface area contributed by atoms with Crippen LogP contribution in [0, 0.1) is 5.41 Å². The Morgan fingerprint density at radius 1 is 1.13 bits per heavy atom. The Balaban J connectivity index is 2.74. The molecule has 1 heterocycles. The Morgan fingerprint density at radius 3 is 2.13 bits per heavy atom. The number of hydrogen-bond donors (Lipinski definition) is 1. The van der Waals surface area contributed by atoms with Crippen molar-refractivity contribution >= 4 is 32.5 Å². The molecule has 30 heavy (non-hydrogen) atoms. The van der Waals surface area contributed by atoms with Gasteiger partial charge in [-0.15, -0.1) is 0 Å². The summed E-state index contributed by atoms with van der Waals surface area (Å²) in [5, 5.41) is 9.49. The van der Waals surface area contributed by atoms with Crippen molar-refractivity contribution in [1.29, 1.82) is 0 Å². The van der Waals surface area contributed by atoms with Gasteiger partial charge in [-0.2, -0.15) is 0 Å². The number of nitrogens with zero attached hydrogens (tertiary/aromatic N) is 2. The van der Waals surface area contributed by atoms with E-state index in [9.17, 15) is 19.5 Å². The molecule has 0 radical (unpaired) electrons. The Hall–Kier alpha value is -2.45. The van der Waals surface area contributed by atoms with Crippen molar-refractivity contribution in [3.8, 4) is 0 Å². The minimum Gasteiger partial charge on any atom is -0.480 e. The second-order valence-corrected chi connectivity index (χ2v) is 11.4. The maximum absolute atomic E-state index is 13.8. The Bertz CT molecular complexity index is 847. The van der Waals surface area contributed by atoms with Crippen LogP contribution in [0.1, 0.15) is 40.2 Å². The van der Waals surface area contributed by atoms with Crippen molar-refractivity contribution in [3.63, 3.8) is 0 Å². The minimum absolute atomic E-state index is 0.304. The molecule has 2 atom stereocenters. The van der Waals surface area contributed by atoms with Gasteiger partial charge in [0.25, 0.3) is 5.91 Å². The zero-order chi connectivity index (χ0) is 22.9. The number of aliphatic carboxylic acids is 1. The summed E-state index contributed by atoms with van der Waals surface area (Å²) in [5.74, 6) is -1.89. The maximum atomic E-state index is 13.8. The average molecular weight is 433 g/mol. The number of carboxylic acids is 1. The third kappa shape index (κ3) is 4.65. The summed E-state index contributed by atoms with van der Waals surface area (Å²) in [6, 6.07) is 8.03. The van der Waals surface area contributed by atoms with Crippen LogP contribution in [0.25, 0.3) is 5.70 Å². The fourth-order valence-corrected chi connectivity index (χ4v) is 5.18. The monoisotopic (exact) mass is 432 g/mol. The molecule has 2 unspecified atom stereocenters. The first-order valence-electron chi connectivity index (χ1n) is 10.1. The van der Waals surface area contributed by atoms with Gasteiger partial charge in [-0.3, -0.25) is 19.3 Å². The fraction of sp³-hybridized carbons (Fsp3) is 0.500. The predicted molar refractivity (Wildman–Crippen MR) is 118 cm³/mol. The van der Waals surface area contributed by atoms with E-state index in [1.807, 2.05) is 46.9 Å². The molecule has 1 N–H and O–H groups in total. The predicted octanol–water partition coefficient (Wildman–Crippen LogP) is 2.93. The Labute approximate surface area is 180 Å². The van der Waals surface area contributed by atoms with Crippen LogP contribution < -0.4 is 0 Å². The first kappa shape index (κ1) is 23.8. The van der Waals surface area contributed by atoms with Gasteiger partial charge in [-0.05, 0) is 31.0 Å². The van der Waals surface area contributed by atoms with Crippen LogP contribution in [-0.4, -0.2) is 59.9 Å². The molecule has 0 aromatic heterocycles. The second-order valence-electron chi connectivity index (χ2n) is 9.05. The van der Waals surface area contributed by atoms with Crippen molar-refractivity contribution in [2.24, 2.45) is 5.41 Å². The smallest absolute Gasteiger partial charge is 0.323 e. The van der Waals surface area contributed by atoms with E-state index in [2.05, 4.69) is 0 Å². The van der Waals surface area contributed by atoms with E-state index >= 15 is 0 Å². The van der Waals surface area contributed by atoms with Crippen molar-refractivity contribution in [1.82, 2.24) is 9.80 Å². The van der Waals surface area contributed by atoms with Crippen LogP contribution in [-0.2, 0) is 18.8 Å². The highest BCUT2D eigenvalue weighted by Crippen LogP contribution is 2.42. The molecular weight excluding hydrogens is 400 g/mol. The van der Waals surface area contributed by atoms with Gasteiger partial charge in [0, 0.05) is 13.1 Å². The molecule has 0 spiro atoms. The highest BCUT2D eigenvalue weighted by Gasteiger charge is 2.55. The Kier molecular flexibility index (Phi) is 6.93. The van der Waals surface area contributed by atoms with E-state index in [-0.39, 0.29) is 5.91 Å². The molecule has 1 aromatic carbocycles. The van der Waals surface area contributed by atoms with Crippen LogP contribution in [0.15, 0.2) is 36.5 Å². The van der Waals surface area contributed by atoms with Crippen LogP contribution in [0.2, 0.25) is 13.1 Å². The van der Waals surface area contributed by atoms with E-state index in [1.165, 1.54) is 16.7 Å². The molecule has 1 aliphatic heterocycles. The summed E-state index contributed by atoms with van der Waals surface area (Å²) >= 11 is 0. The van der Waals surface area contributed by atoms with E-state index < -0.39 is 44.5 Å². The van der Waals surface area contributed by atoms with Crippen LogP contribution >= 0.6 is 0 Å². The standard InChI is InChI=1S/C22H32N2O5Si/c1-15(25)23-13-17(16-11-9-8-10-12-16)24(14-18(26)27)20(28)19(23)22(5,21(2,3)4)29-30(6)7/h8-13,19,30H,14H2,1-7H3,(H,26,27). The Morgan fingerprint density at radius 2 is 1.70 bits per heavy atom. The number of carbonyl (C=O) groups excluding carboxylic acids is 2. The summed E-state index contributed by atoms with van der Waals surface area (Å²) in [4.78, 5) is 40.7. The molecular formula is C22H32N2O5Si. The van der Waals surface area contributed by atoms with Gasteiger partial charge in [-0.1, -0.05) is 51.1 Å². The first-order valence-corrected chi connectivity index (χ1v) is 12.8. The zero-order valence-corrected chi connectivity index (χ0v) is 20.0. The molecule has 0 saturated heterocycles. The number of amides is 2. The fourth-order valence-electron chi connectivity index (χ4n) is 3.71. The molecule has 0 aliphatic carbocycles. The van der Waals surface area contributed by atoms with E-state index in [0.29, 0.717) is 11.3 Å². The van der Waals surface area contributed by atoms with Crippen LogP contribution in [0.4, 0.5) is 0 Å². The number of hydrogen-bond acceptors (Lipinski definition) is 4. The number of carbonyl (C=O) groups is 3. The van der Waals surface area contributed by atoms with Gasteiger partial charge in [0.15, 0.2) is 9.04 Å². The van der Waals surface area contributed by atoms with E-state index in [1.54, 1.807) is 30.5 Å². The largest absolute Gasteiger partial charge is 0.480 e. The van der Waals surface area contributed by atoms with Gasteiger partial charge < -0.3 is 14.4 Å². The van der Waals surface area contributed by atoms with Crippen molar-refractivity contribution < 1.29 is 23.9 Å². The third-order valence-corrected chi connectivity index (χ3v) is 6.51. The third-order valence-electron chi connectivity index (χ3n) is 5.55. The average Bonchev–Trinajstić information content (AvgIpc) is 2.61. The number of carboxylic acid groups (broad SMARTS) is 1. The quantitative estimate of drug-likeness (QED) is 0.699. The lowest BCUT2D eigenvalue weighted by atomic mass is 9.71. The summed E-state index contributed by atoms with van der Waals surface area (Å²) in [6.45, 7) is 12.7. The minimum atomic E-state index is -1.62. The lowest BCUT2D eigenvalue weighted by Gasteiger charge is -2.53. The highest BCUT2D eigenvalue weighted by molar-refractivity contribution is 6.48. The normalized spacial score (nSPS) is 19.5. The number of benzene rings is 1. The van der Waals surface area contributed by atoms with Crippen LogP contribution in [0.5, 0.6) is 0 Å². The molecule has 0 saturated carbocycles. The van der Waals surface area contributed by atoms with Crippen molar-refractivity contribution in [3.05, 3.63) is 42.1 Å². The second kappa shape index (κ2) is 8.73. The molecule has 2 amide bonds. The molecule has 164 valence electrons. The molecule has 1 aromatic rings. The lowest BCUT2D eigenvalue weighted by molar-refractivity contribution is -0.160. The molecule has 7 nitrogen and oxygen atoms in total. The highest BCUT2D eigenvalue weighted by atomic mass is 28.3. The SMILES string of the molecule is CC(=O)N1C=C(c2ccccc2)N(CC(=O)O)C(=O)C1C(C)(O[SiH](C)C)C(C)(C)C. The molecule has 0 fully saturated rings. The summed E-state index contributed by atoms with van der Waals surface area (Å²) in [6.07, 6.45) is 1.59. The molecule has 0 bridgehead atoms. The van der Waals surface area contributed by atoms with Gasteiger partial charge in [-0.25, -0.2) is 0 Å². The topological polar surface area (TPSA) is 87.2 Å². The summed E-state index contributed by atoms with van der Waals surface area (Å²) < 4.78 is 6.41. The molecule has 2 rings (SSSR count). The number of rotatable bonds is 6. The zero-order valence-electron chi connectivity index (χ0n) is 18.8. The van der Waals surface area contributed by atoms with Gasteiger partial charge >= 0.3 is 5.97 Å². The van der Waals surface area contributed by atoms with Crippen molar-refractivity contribution in [2.45, 2.75) is 59.4 Å². The van der Waals surface area contributed by atoms with Gasteiger partial charge in [0.05, 0.1) is 11.3 Å². The van der Waals surface area contributed by atoms with Gasteiger partial charge in [0.1, 0.15) is 12.6 Å². The first-order chi connectivity index (χ1) is 13.8. The van der Waals surface area contributed by atoms with Crippen LogP contribution in [0.3, 0.4) is 0 Å². The van der Waals surface area contributed by atoms with Gasteiger partial charge in [0.2, 0.25) is 5.91 Å². The summed E-state index contributed by atoms with van der Waals surface area (Å²) in [5.41, 5.74) is -0.461. The van der Waals surface area contributed by atoms with E-state index in [0.717, 1.165) is 0 Å². The van der Waals surface area contributed by atoms with E-state index in [4.69, 9.17) is 4.43 Å². The summed E-state index contributed by atoms with van der Waals surface area (Å²) in [7, 11) is -1.62. The molecule has 8 heteroatoms.